The van der Waals surface area contributed by atoms with Crippen LogP contribution in [0.3, 0.4) is 0 Å². The molecule has 6 rings (SSSR count). The van der Waals surface area contributed by atoms with Crippen LogP contribution >= 0.6 is 11.6 Å². The first-order valence-corrected chi connectivity index (χ1v) is 16.7. The average Bonchev–Trinajstić information content (AvgIpc) is 3.32. The Bertz CT molecular complexity index is 1190. The van der Waals surface area contributed by atoms with Gasteiger partial charge in [-0.3, -0.25) is 0 Å². The second kappa shape index (κ2) is 11.8. The second-order valence-electron chi connectivity index (χ2n) is 14.2. The number of ether oxygens (including phenoxy) is 2. The third kappa shape index (κ3) is 5.47. The van der Waals surface area contributed by atoms with Crippen molar-refractivity contribution in [3.8, 4) is 0 Å². The van der Waals surface area contributed by atoms with E-state index < -0.39 is 0 Å². The van der Waals surface area contributed by atoms with Crippen molar-refractivity contribution in [3.05, 3.63) is 58.7 Å². The fraction of sp³-hybridized carbons (Fsp3) is 0.694. The molecule has 224 valence electrons. The van der Waals surface area contributed by atoms with E-state index >= 15 is 0 Å². The third-order valence-electron chi connectivity index (χ3n) is 12.1. The number of oxime groups is 1. The molecule has 1 aromatic carbocycles. The van der Waals surface area contributed by atoms with Crippen LogP contribution in [0, 0.1) is 40.4 Å². The number of hydrogen-bond acceptors (Lipinski definition) is 4. The van der Waals surface area contributed by atoms with Gasteiger partial charge < -0.3 is 14.3 Å². The van der Waals surface area contributed by atoms with E-state index in [0.717, 1.165) is 53.3 Å². The Kier molecular flexibility index (Phi) is 8.48. The van der Waals surface area contributed by atoms with Crippen molar-refractivity contribution in [3.63, 3.8) is 0 Å². The molecule has 4 nitrogen and oxygen atoms in total. The maximum absolute atomic E-state index is 6.55. The molecule has 0 saturated heterocycles. The topological polar surface area (TPSA) is 40.0 Å². The zero-order valence-electron chi connectivity index (χ0n) is 25.8. The van der Waals surface area contributed by atoms with Crippen molar-refractivity contribution < 1.29 is 14.3 Å². The quantitative estimate of drug-likeness (QED) is 0.183. The lowest BCUT2D eigenvalue weighted by atomic mass is 9.47. The van der Waals surface area contributed by atoms with Gasteiger partial charge in [0, 0.05) is 22.4 Å². The summed E-state index contributed by atoms with van der Waals surface area (Å²) in [4.78, 5) is 5.84. The number of nitrogens with zero attached hydrogens (tertiary/aromatic N) is 1. The lowest BCUT2D eigenvalue weighted by Gasteiger charge is -2.58. The molecule has 10 atom stereocenters. The van der Waals surface area contributed by atoms with E-state index in [1.807, 2.05) is 24.3 Å². The molecule has 0 amide bonds. The van der Waals surface area contributed by atoms with Crippen molar-refractivity contribution in [2.45, 2.75) is 118 Å². The molecule has 0 spiro atoms. The molecule has 3 fully saturated rings. The van der Waals surface area contributed by atoms with Crippen LogP contribution in [0.2, 0.25) is 5.02 Å². The van der Waals surface area contributed by atoms with Crippen LogP contribution in [0.5, 0.6) is 0 Å². The van der Waals surface area contributed by atoms with Gasteiger partial charge in [-0.25, -0.2) is 0 Å². The molecule has 5 aliphatic rings. The van der Waals surface area contributed by atoms with Gasteiger partial charge in [0.1, 0.15) is 6.61 Å². The first kappa shape index (κ1) is 29.5. The van der Waals surface area contributed by atoms with Gasteiger partial charge in [-0.05, 0) is 105 Å². The summed E-state index contributed by atoms with van der Waals surface area (Å²) in [5.41, 5.74) is 4.44. The zero-order valence-corrected chi connectivity index (χ0v) is 26.5. The number of halogens is 1. The predicted octanol–water partition coefficient (Wildman–Crippen LogP) is 9.52. The number of hydrogen-bond donors (Lipinski definition) is 0. The molecular formula is C36H50ClNO3. The highest BCUT2D eigenvalue weighted by Gasteiger charge is 2.59. The van der Waals surface area contributed by atoms with E-state index in [0.29, 0.717) is 29.3 Å². The van der Waals surface area contributed by atoms with Gasteiger partial charge in [-0.15, -0.1) is 0 Å². The van der Waals surface area contributed by atoms with Crippen molar-refractivity contribution in [2.75, 3.05) is 0 Å². The zero-order chi connectivity index (χ0) is 28.8. The van der Waals surface area contributed by atoms with E-state index in [9.17, 15) is 0 Å². The highest BCUT2D eigenvalue weighted by Crippen LogP contribution is 2.66. The van der Waals surface area contributed by atoms with Crippen LogP contribution in [0.4, 0.5) is 0 Å². The highest BCUT2D eigenvalue weighted by atomic mass is 35.5. The second-order valence-corrected chi connectivity index (χ2v) is 14.6. The molecule has 3 saturated carbocycles. The molecule has 0 radical (unpaired) electrons. The summed E-state index contributed by atoms with van der Waals surface area (Å²) in [5, 5.41) is 5.39. The summed E-state index contributed by atoms with van der Waals surface area (Å²) < 4.78 is 12.8. The standard InChI is InChI=1S/C36H50ClNO3/c1-6-33-23(2)11-16-34(41-33)40-27-17-19-35(4)26(21-27)12-13-28-30-15-14-29(36(30,5)20-18-31(28)35)24(3)38-39-22-25-9-7-8-10-32(25)37/h7-12,16,23,27-31,33-34H,6,13-15,17-22H2,1-5H3/b38-24+/t23-,27-,28?,29+,30?,31?,33+,34?,35-,36+/m0/s1. The van der Waals surface area contributed by atoms with Crippen molar-refractivity contribution >= 4 is 17.3 Å². The lowest BCUT2D eigenvalue weighted by molar-refractivity contribution is -0.188. The van der Waals surface area contributed by atoms with Gasteiger partial charge in [-0.1, -0.05) is 80.4 Å². The summed E-state index contributed by atoms with van der Waals surface area (Å²) >= 11 is 6.32. The van der Waals surface area contributed by atoms with Crippen LogP contribution in [-0.4, -0.2) is 24.2 Å². The molecule has 5 heteroatoms. The van der Waals surface area contributed by atoms with Gasteiger partial charge in [0.05, 0.1) is 17.9 Å². The van der Waals surface area contributed by atoms with E-state index in [2.05, 4.69) is 58.0 Å². The fourth-order valence-electron chi connectivity index (χ4n) is 9.78. The van der Waals surface area contributed by atoms with Gasteiger partial charge in [-0.2, -0.15) is 0 Å². The Balaban J connectivity index is 1.11. The monoisotopic (exact) mass is 579 g/mol. The van der Waals surface area contributed by atoms with Crippen molar-refractivity contribution in [1.82, 2.24) is 0 Å². The Hall–Kier alpha value is -1.62. The summed E-state index contributed by atoms with van der Waals surface area (Å²) in [6.45, 7) is 12.2. The molecule has 41 heavy (non-hydrogen) atoms. The molecular weight excluding hydrogens is 530 g/mol. The first-order valence-electron chi connectivity index (χ1n) is 16.3. The summed E-state index contributed by atoms with van der Waals surface area (Å²) in [6, 6.07) is 7.86. The molecule has 1 heterocycles. The highest BCUT2D eigenvalue weighted by molar-refractivity contribution is 6.31. The van der Waals surface area contributed by atoms with Crippen molar-refractivity contribution in [1.29, 1.82) is 0 Å². The molecule has 0 aromatic heterocycles. The molecule has 4 unspecified atom stereocenters. The van der Waals surface area contributed by atoms with Crippen LogP contribution in [0.15, 0.2) is 53.2 Å². The third-order valence-corrected chi connectivity index (χ3v) is 12.5. The molecule has 0 N–H and O–H groups in total. The van der Waals surface area contributed by atoms with E-state index in [1.54, 1.807) is 5.57 Å². The summed E-state index contributed by atoms with van der Waals surface area (Å²) in [6.07, 6.45) is 18.3. The average molecular weight is 580 g/mol. The smallest absolute Gasteiger partial charge is 0.177 e. The minimum atomic E-state index is -0.188. The van der Waals surface area contributed by atoms with E-state index in [4.69, 9.17) is 25.9 Å². The largest absolute Gasteiger partial charge is 0.391 e. The fourth-order valence-corrected chi connectivity index (χ4v) is 9.97. The van der Waals surface area contributed by atoms with Gasteiger partial charge >= 0.3 is 0 Å². The number of benzene rings is 1. The number of rotatable bonds is 7. The van der Waals surface area contributed by atoms with Gasteiger partial charge in [0.25, 0.3) is 0 Å². The predicted molar refractivity (Wildman–Crippen MR) is 167 cm³/mol. The minimum absolute atomic E-state index is 0.188. The van der Waals surface area contributed by atoms with Crippen LogP contribution in [-0.2, 0) is 20.9 Å². The lowest BCUT2D eigenvalue weighted by Crippen LogP contribution is -2.51. The van der Waals surface area contributed by atoms with Gasteiger partial charge in [0.15, 0.2) is 6.29 Å². The van der Waals surface area contributed by atoms with Crippen LogP contribution < -0.4 is 0 Å². The molecule has 1 aromatic rings. The molecule has 4 aliphatic carbocycles. The van der Waals surface area contributed by atoms with Gasteiger partial charge in [0.2, 0.25) is 0 Å². The van der Waals surface area contributed by atoms with E-state index in [-0.39, 0.29) is 18.5 Å². The Morgan fingerprint density at radius 2 is 1.90 bits per heavy atom. The maximum Gasteiger partial charge on any atom is 0.177 e. The summed E-state index contributed by atoms with van der Waals surface area (Å²) in [5.74, 6) is 3.29. The molecule has 0 bridgehead atoms. The number of allylic oxidation sites excluding steroid dienone is 1. The maximum atomic E-state index is 6.55. The first-order chi connectivity index (χ1) is 19.7. The SMILES string of the molecule is CC[C@H]1OC(O[C@H]2CC[C@@]3(C)C(=CCC4C3CC[C@@]3(C)C4CC[C@@H]3/C(C)=N/OCc3ccccc3Cl)C2)C=C[C@@H]1C. The Morgan fingerprint density at radius 1 is 1.07 bits per heavy atom. The Morgan fingerprint density at radius 3 is 2.71 bits per heavy atom. The van der Waals surface area contributed by atoms with Crippen molar-refractivity contribution in [2.24, 2.45) is 45.6 Å². The Labute approximate surface area is 252 Å². The van der Waals surface area contributed by atoms with Crippen LogP contribution in [0.25, 0.3) is 0 Å². The number of fused-ring (bicyclic) bond motifs is 5. The normalized spacial score (nSPS) is 42.2. The molecule has 1 aliphatic heterocycles. The van der Waals surface area contributed by atoms with E-state index in [1.165, 1.54) is 38.5 Å². The minimum Gasteiger partial charge on any atom is -0.391 e. The van der Waals surface area contributed by atoms with Crippen LogP contribution in [0.1, 0.15) is 98.0 Å². The summed E-state index contributed by atoms with van der Waals surface area (Å²) in [7, 11) is 0.